The molecular formula is C22H24FN3O4. The smallest absolute Gasteiger partial charge is 0.261 e. The van der Waals surface area contributed by atoms with Gasteiger partial charge < -0.3 is 15.6 Å². The monoisotopic (exact) mass is 413 g/mol. The first-order valence-electron chi connectivity index (χ1n) is 9.69. The number of ketones is 1. The van der Waals surface area contributed by atoms with Gasteiger partial charge in [0.1, 0.15) is 11.4 Å². The molecule has 0 saturated heterocycles. The molecule has 2 amide bonds. The van der Waals surface area contributed by atoms with Crippen molar-refractivity contribution in [2.75, 3.05) is 13.1 Å². The molecule has 0 radical (unpaired) electrons. The largest absolute Gasteiger partial charge is 0.350 e. The van der Waals surface area contributed by atoms with E-state index in [2.05, 4.69) is 15.6 Å². The average molecular weight is 413 g/mol. The third-order valence-corrected chi connectivity index (χ3v) is 5.09. The zero-order chi connectivity index (χ0) is 22.1. The van der Waals surface area contributed by atoms with Crippen molar-refractivity contribution < 1.29 is 18.8 Å². The lowest BCUT2D eigenvalue weighted by molar-refractivity contribution is 0.0907. The summed E-state index contributed by atoms with van der Waals surface area (Å²) in [6, 6.07) is 5.51. The normalized spacial score (nSPS) is 14.7. The predicted molar refractivity (Wildman–Crippen MR) is 109 cm³/mol. The lowest BCUT2D eigenvalue weighted by Crippen LogP contribution is -2.38. The first-order valence-corrected chi connectivity index (χ1v) is 9.69. The van der Waals surface area contributed by atoms with Crippen LogP contribution in [0.4, 0.5) is 4.39 Å². The van der Waals surface area contributed by atoms with Crippen molar-refractivity contribution in [3.8, 4) is 0 Å². The van der Waals surface area contributed by atoms with Gasteiger partial charge in [-0.2, -0.15) is 0 Å². The second-order valence-electron chi connectivity index (χ2n) is 8.32. The van der Waals surface area contributed by atoms with Crippen LogP contribution in [0.5, 0.6) is 0 Å². The average Bonchev–Trinajstić information content (AvgIpc) is 2.65. The van der Waals surface area contributed by atoms with Crippen LogP contribution in [0.3, 0.4) is 0 Å². The number of pyridine rings is 1. The minimum Gasteiger partial charge on any atom is -0.350 e. The van der Waals surface area contributed by atoms with Gasteiger partial charge >= 0.3 is 0 Å². The van der Waals surface area contributed by atoms with Crippen LogP contribution in [0.1, 0.15) is 62.6 Å². The van der Waals surface area contributed by atoms with Crippen molar-refractivity contribution in [2.24, 2.45) is 5.41 Å². The molecule has 0 bridgehead atoms. The summed E-state index contributed by atoms with van der Waals surface area (Å²) in [5, 5.41) is 5.12. The summed E-state index contributed by atoms with van der Waals surface area (Å²) in [5.41, 5.74) is 0.594. The predicted octanol–water partition coefficient (Wildman–Crippen LogP) is 2.14. The molecule has 8 heteroatoms. The van der Waals surface area contributed by atoms with Crippen molar-refractivity contribution in [3.63, 3.8) is 0 Å². The lowest BCUT2D eigenvalue weighted by Gasteiger charge is -2.29. The van der Waals surface area contributed by atoms with Gasteiger partial charge in [-0.3, -0.25) is 19.2 Å². The van der Waals surface area contributed by atoms with Crippen molar-refractivity contribution in [1.82, 2.24) is 15.6 Å². The second kappa shape index (κ2) is 8.22. The Labute approximate surface area is 173 Å². The van der Waals surface area contributed by atoms with Crippen molar-refractivity contribution >= 4 is 17.6 Å². The molecule has 158 valence electrons. The van der Waals surface area contributed by atoms with Crippen LogP contribution < -0.4 is 16.2 Å². The summed E-state index contributed by atoms with van der Waals surface area (Å²) in [7, 11) is 0. The molecule has 0 unspecified atom stereocenters. The SMILES string of the molecule is Cc1ccc(C(=O)NCCNC(=O)c2cc3c([nH]c2=O)CC(C)(C)CC3=O)cc1F. The van der Waals surface area contributed by atoms with Crippen LogP contribution in [-0.2, 0) is 6.42 Å². The van der Waals surface area contributed by atoms with Gasteiger partial charge in [-0.05, 0) is 42.5 Å². The number of H-pyrrole nitrogens is 1. The highest BCUT2D eigenvalue weighted by molar-refractivity contribution is 6.02. The van der Waals surface area contributed by atoms with Crippen LogP contribution in [0.2, 0.25) is 0 Å². The Kier molecular flexibility index (Phi) is 5.87. The van der Waals surface area contributed by atoms with Crippen molar-refractivity contribution in [1.29, 1.82) is 0 Å². The molecule has 1 aliphatic carbocycles. The van der Waals surface area contributed by atoms with Gasteiger partial charge in [0.05, 0.1) is 0 Å². The number of hydrogen-bond acceptors (Lipinski definition) is 4. The number of rotatable bonds is 5. The first kappa shape index (κ1) is 21.4. The number of amides is 2. The number of fused-ring (bicyclic) bond motifs is 1. The number of carbonyl (C=O) groups excluding carboxylic acids is 3. The van der Waals surface area contributed by atoms with Crippen molar-refractivity contribution in [3.05, 3.63) is 68.4 Å². The molecule has 0 fully saturated rings. The number of Topliss-reactive ketones (excluding diaryl/α,β-unsaturated/α-hetero) is 1. The molecular weight excluding hydrogens is 389 g/mol. The minimum absolute atomic E-state index is 0.0659. The summed E-state index contributed by atoms with van der Waals surface area (Å²) in [6.45, 7) is 5.66. The third kappa shape index (κ3) is 4.64. The lowest BCUT2D eigenvalue weighted by atomic mass is 9.75. The Morgan fingerprint density at radius 1 is 1.07 bits per heavy atom. The highest BCUT2D eigenvalue weighted by Gasteiger charge is 2.32. The molecule has 0 saturated carbocycles. The molecule has 1 aromatic heterocycles. The van der Waals surface area contributed by atoms with Crippen LogP contribution in [0.15, 0.2) is 29.1 Å². The van der Waals surface area contributed by atoms with E-state index in [4.69, 9.17) is 0 Å². The quantitative estimate of drug-likeness (QED) is 0.653. The van der Waals surface area contributed by atoms with E-state index in [9.17, 15) is 23.6 Å². The highest BCUT2D eigenvalue weighted by atomic mass is 19.1. The van der Waals surface area contributed by atoms with Gasteiger partial charge in [-0.15, -0.1) is 0 Å². The molecule has 2 aromatic rings. The highest BCUT2D eigenvalue weighted by Crippen LogP contribution is 2.33. The maximum atomic E-state index is 13.6. The maximum Gasteiger partial charge on any atom is 0.261 e. The number of carbonyl (C=O) groups is 3. The molecule has 7 nitrogen and oxygen atoms in total. The summed E-state index contributed by atoms with van der Waals surface area (Å²) >= 11 is 0. The Hall–Kier alpha value is -3.29. The maximum absolute atomic E-state index is 13.6. The van der Waals surface area contributed by atoms with E-state index in [0.29, 0.717) is 29.7 Å². The zero-order valence-corrected chi connectivity index (χ0v) is 17.1. The summed E-state index contributed by atoms with van der Waals surface area (Å²) in [5.74, 6) is -1.68. The fourth-order valence-corrected chi connectivity index (χ4v) is 3.48. The molecule has 30 heavy (non-hydrogen) atoms. The van der Waals surface area contributed by atoms with E-state index in [1.54, 1.807) is 6.92 Å². The Morgan fingerprint density at radius 2 is 1.73 bits per heavy atom. The second-order valence-corrected chi connectivity index (χ2v) is 8.32. The number of aromatic amines is 1. The molecule has 1 aliphatic rings. The van der Waals surface area contributed by atoms with Gasteiger partial charge in [-0.25, -0.2) is 4.39 Å². The molecule has 0 aliphatic heterocycles. The Morgan fingerprint density at radius 3 is 2.40 bits per heavy atom. The third-order valence-electron chi connectivity index (χ3n) is 5.09. The van der Waals surface area contributed by atoms with Gasteiger partial charge in [0.25, 0.3) is 17.4 Å². The number of aryl methyl sites for hydroxylation is 1. The van der Waals surface area contributed by atoms with Gasteiger partial charge in [0, 0.05) is 36.3 Å². The minimum atomic E-state index is -0.632. The number of nitrogens with one attached hydrogen (secondary N) is 3. The van der Waals surface area contributed by atoms with E-state index in [0.717, 1.165) is 6.07 Å². The van der Waals surface area contributed by atoms with Crippen LogP contribution in [0.25, 0.3) is 0 Å². The molecule has 1 aromatic carbocycles. The molecule has 1 heterocycles. The summed E-state index contributed by atoms with van der Waals surface area (Å²) < 4.78 is 13.6. The van der Waals surface area contributed by atoms with Gasteiger partial charge in [-0.1, -0.05) is 19.9 Å². The van der Waals surface area contributed by atoms with Crippen LogP contribution >= 0.6 is 0 Å². The number of aromatic nitrogens is 1. The van der Waals surface area contributed by atoms with E-state index >= 15 is 0 Å². The Balaban J connectivity index is 1.60. The first-order chi connectivity index (χ1) is 14.1. The standard InChI is InChI=1S/C22H24FN3O4/c1-12-4-5-13(8-16(12)23)19(28)24-6-7-25-20(29)15-9-14-17(26-21(15)30)10-22(2,3)11-18(14)27/h4-5,8-9H,6-7,10-11H2,1-3H3,(H,24,28)(H,25,29)(H,26,30). The molecule has 3 N–H and O–H groups in total. The molecule has 3 rings (SSSR count). The number of hydrogen-bond donors (Lipinski definition) is 3. The number of halogens is 1. The van der Waals surface area contributed by atoms with E-state index in [1.807, 2.05) is 13.8 Å². The fourth-order valence-electron chi connectivity index (χ4n) is 3.48. The summed E-state index contributed by atoms with van der Waals surface area (Å²) in [6.07, 6.45) is 0.898. The van der Waals surface area contributed by atoms with Crippen LogP contribution in [-0.4, -0.2) is 35.7 Å². The van der Waals surface area contributed by atoms with Gasteiger partial charge in [0.2, 0.25) is 0 Å². The van der Waals surface area contributed by atoms with E-state index in [-0.39, 0.29) is 35.4 Å². The summed E-state index contributed by atoms with van der Waals surface area (Å²) in [4.78, 5) is 51.8. The van der Waals surface area contributed by atoms with Crippen LogP contribution in [0, 0.1) is 18.2 Å². The molecule has 0 spiro atoms. The van der Waals surface area contributed by atoms with Gasteiger partial charge in [0.15, 0.2) is 5.78 Å². The topological polar surface area (TPSA) is 108 Å². The molecule has 0 atom stereocenters. The fraction of sp³-hybridized carbons (Fsp3) is 0.364. The zero-order valence-electron chi connectivity index (χ0n) is 17.1. The Bertz CT molecular complexity index is 1090. The van der Waals surface area contributed by atoms with Crippen molar-refractivity contribution in [2.45, 2.75) is 33.6 Å². The van der Waals surface area contributed by atoms with E-state index < -0.39 is 23.2 Å². The van der Waals surface area contributed by atoms with E-state index in [1.165, 1.54) is 18.2 Å². The number of benzene rings is 1.